The lowest BCUT2D eigenvalue weighted by Gasteiger charge is -2.14. The van der Waals surface area contributed by atoms with E-state index in [0.717, 1.165) is 0 Å². The number of carbonyl (C=O) groups is 1. The van der Waals surface area contributed by atoms with Crippen molar-refractivity contribution in [1.29, 1.82) is 0 Å². The standard InChI is InChI=1S/C14H19NO5.ClH/c1-9(2)15-6-11(16)7-18-14(17)10-3-4-12-13(5-10)20-8-19-12;/h3-5,9,11,15-16H,6-8H2,1-2H3;1H. The first-order valence-electron chi connectivity index (χ1n) is 6.54. The molecule has 0 amide bonds. The zero-order valence-corrected chi connectivity index (χ0v) is 12.8. The van der Waals surface area contributed by atoms with Crippen molar-refractivity contribution in [1.82, 2.24) is 5.32 Å². The second-order valence-electron chi connectivity index (χ2n) is 4.88. The third-order valence-electron chi connectivity index (χ3n) is 2.78. The van der Waals surface area contributed by atoms with E-state index in [1.165, 1.54) is 0 Å². The number of aliphatic hydroxyl groups is 1. The molecular formula is C14H20ClNO5. The third kappa shape index (κ3) is 5.08. The van der Waals surface area contributed by atoms with E-state index in [2.05, 4.69) is 5.32 Å². The maximum Gasteiger partial charge on any atom is 0.338 e. The second-order valence-corrected chi connectivity index (χ2v) is 4.88. The summed E-state index contributed by atoms with van der Waals surface area (Å²) >= 11 is 0. The van der Waals surface area contributed by atoms with Crippen LogP contribution < -0.4 is 14.8 Å². The van der Waals surface area contributed by atoms with E-state index in [1.54, 1.807) is 18.2 Å². The topological polar surface area (TPSA) is 77.0 Å². The highest BCUT2D eigenvalue weighted by Gasteiger charge is 2.17. The first kappa shape index (κ1) is 17.6. The van der Waals surface area contributed by atoms with Crippen LogP contribution in [0.3, 0.4) is 0 Å². The number of hydrogen-bond acceptors (Lipinski definition) is 6. The SMILES string of the molecule is CC(C)NCC(O)COC(=O)c1ccc2c(c1)OCO2.Cl. The van der Waals surface area contributed by atoms with Crippen molar-refractivity contribution in [2.24, 2.45) is 0 Å². The van der Waals surface area contributed by atoms with E-state index in [-0.39, 0.29) is 31.8 Å². The lowest BCUT2D eigenvalue weighted by Crippen LogP contribution is -2.35. The van der Waals surface area contributed by atoms with Crippen LogP contribution in [0, 0.1) is 0 Å². The number of nitrogens with one attached hydrogen (secondary N) is 1. The molecule has 1 aliphatic heterocycles. The minimum atomic E-state index is -0.727. The zero-order valence-electron chi connectivity index (χ0n) is 12.0. The number of halogens is 1. The molecule has 1 aliphatic rings. The van der Waals surface area contributed by atoms with Crippen LogP contribution in [0.25, 0.3) is 0 Å². The van der Waals surface area contributed by atoms with Crippen LogP contribution in [-0.2, 0) is 4.74 Å². The van der Waals surface area contributed by atoms with Crippen LogP contribution in [-0.4, -0.2) is 43.2 Å². The molecule has 118 valence electrons. The lowest BCUT2D eigenvalue weighted by atomic mass is 10.2. The number of carbonyl (C=O) groups excluding carboxylic acids is 1. The van der Waals surface area contributed by atoms with Crippen molar-refractivity contribution in [2.45, 2.75) is 26.0 Å². The molecular weight excluding hydrogens is 298 g/mol. The van der Waals surface area contributed by atoms with Crippen LogP contribution in [0.1, 0.15) is 24.2 Å². The van der Waals surface area contributed by atoms with Gasteiger partial charge in [-0.2, -0.15) is 0 Å². The van der Waals surface area contributed by atoms with E-state index >= 15 is 0 Å². The van der Waals surface area contributed by atoms with Gasteiger partial charge in [0.2, 0.25) is 6.79 Å². The minimum Gasteiger partial charge on any atom is -0.459 e. The molecule has 1 atom stereocenters. The molecule has 0 saturated heterocycles. The average Bonchev–Trinajstić information content (AvgIpc) is 2.89. The van der Waals surface area contributed by atoms with Crippen LogP contribution in [0.4, 0.5) is 0 Å². The van der Waals surface area contributed by atoms with Crippen LogP contribution >= 0.6 is 12.4 Å². The molecule has 1 aromatic carbocycles. The molecule has 2 N–H and O–H groups in total. The van der Waals surface area contributed by atoms with Crippen LogP contribution in [0.2, 0.25) is 0 Å². The summed E-state index contributed by atoms with van der Waals surface area (Å²) in [5.41, 5.74) is 0.373. The highest BCUT2D eigenvalue weighted by Crippen LogP contribution is 2.32. The summed E-state index contributed by atoms with van der Waals surface area (Å²) in [6, 6.07) is 5.11. The number of ether oxygens (including phenoxy) is 3. The van der Waals surface area contributed by atoms with Gasteiger partial charge >= 0.3 is 5.97 Å². The fraction of sp³-hybridized carbons (Fsp3) is 0.500. The molecule has 0 aliphatic carbocycles. The Morgan fingerprint density at radius 2 is 2.10 bits per heavy atom. The zero-order chi connectivity index (χ0) is 14.5. The van der Waals surface area contributed by atoms with E-state index < -0.39 is 12.1 Å². The second kappa shape index (κ2) is 8.07. The maximum absolute atomic E-state index is 11.8. The number of benzene rings is 1. The third-order valence-corrected chi connectivity index (χ3v) is 2.78. The van der Waals surface area contributed by atoms with Gasteiger partial charge in [0.05, 0.1) is 5.56 Å². The molecule has 6 nitrogen and oxygen atoms in total. The molecule has 0 fully saturated rings. The van der Waals surface area contributed by atoms with Crippen LogP contribution in [0.15, 0.2) is 18.2 Å². The molecule has 1 unspecified atom stereocenters. The van der Waals surface area contributed by atoms with Crippen LogP contribution in [0.5, 0.6) is 11.5 Å². The van der Waals surface area contributed by atoms with Gasteiger partial charge in [-0.05, 0) is 18.2 Å². The molecule has 1 heterocycles. The molecule has 21 heavy (non-hydrogen) atoms. The highest BCUT2D eigenvalue weighted by atomic mass is 35.5. The van der Waals surface area contributed by atoms with Crippen molar-refractivity contribution in [3.05, 3.63) is 23.8 Å². The monoisotopic (exact) mass is 317 g/mol. The van der Waals surface area contributed by atoms with Gasteiger partial charge in [0.1, 0.15) is 12.7 Å². The molecule has 0 bridgehead atoms. The Morgan fingerprint density at radius 1 is 1.38 bits per heavy atom. The molecule has 0 aromatic heterocycles. The van der Waals surface area contributed by atoms with Crippen molar-refractivity contribution in [3.63, 3.8) is 0 Å². The summed E-state index contributed by atoms with van der Waals surface area (Å²) in [7, 11) is 0. The molecule has 1 aromatic rings. The Balaban J connectivity index is 0.00000220. The molecule has 0 saturated carbocycles. The Labute approximate surface area is 129 Å². The van der Waals surface area contributed by atoms with Gasteiger partial charge in [-0.1, -0.05) is 13.8 Å². The number of esters is 1. The van der Waals surface area contributed by atoms with Crippen molar-refractivity contribution < 1.29 is 24.1 Å². The van der Waals surface area contributed by atoms with Gasteiger partial charge < -0.3 is 24.6 Å². The van der Waals surface area contributed by atoms with E-state index in [0.29, 0.717) is 23.6 Å². The smallest absolute Gasteiger partial charge is 0.338 e. The number of hydrogen-bond donors (Lipinski definition) is 2. The number of fused-ring (bicyclic) bond motifs is 1. The fourth-order valence-corrected chi connectivity index (χ4v) is 1.71. The minimum absolute atomic E-state index is 0. The molecule has 7 heteroatoms. The molecule has 0 radical (unpaired) electrons. The Morgan fingerprint density at radius 3 is 2.81 bits per heavy atom. The fourth-order valence-electron chi connectivity index (χ4n) is 1.71. The van der Waals surface area contributed by atoms with Gasteiger partial charge in [-0.15, -0.1) is 12.4 Å². The summed E-state index contributed by atoms with van der Waals surface area (Å²) < 4.78 is 15.4. The van der Waals surface area contributed by atoms with Crippen molar-refractivity contribution >= 4 is 18.4 Å². The van der Waals surface area contributed by atoms with E-state index in [4.69, 9.17) is 14.2 Å². The molecule has 0 spiro atoms. The van der Waals surface area contributed by atoms with Gasteiger partial charge in [-0.3, -0.25) is 0 Å². The van der Waals surface area contributed by atoms with E-state index in [9.17, 15) is 9.90 Å². The summed E-state index contributed by atoms with van der Waals surface area (Å²) in [6.07, 6.45) is -0.727. The number of rotatable bonds is 6. The lowest BCUT2D eigenvalue weighted by molar-refractivity contribution is 0.0255. The first-order chi connectivity index (χ1) is 9.56. The van der Waals surface area contributed by atoms with Gasteiger partial charge in [0.25, 0.3) is 0 Å². The Hall–Kier alpha value is -1.50. The van der Waals surface area contributed by atoms with Gasteiger partial charge in [0.15, 0.2) is 11.5 Å². The predicted octanol–water partition coefficient (Wildman–Crippen LogP) is 1.35. The molecule has 2 rings (SSSR count). The van der Waals surface area contributed by atoms with Gasteiger partial charge in [0, 0.05) is 12.6 Å². The predicted molar refractivity (Wildman–Crippen MR) is 79.2 cm³/mol. The largest absolute Gasteiger partial charge is 0.459 e. The van der Waals surface area contributed by atoms with Crippen molar-refractivity contribution in [2.75, 3.05) is 19.9 Å². The first-order valence-corrected chi connectivity index (χ1v) is 6.54. The Bertz CT molecular complexity index is 480. The summed E-state index contributed by atoms with van der Waals surface area (Å²) in [6.45, 7) is 4.45. The summed E-state index contributed by atoms with van der Waals surface area (Å²) in [4.78, 5) is 11.8. The normalized spacial score (nSPS) is 13.7. The summed E-state index contributed by atoms with van der Waals surface area (Å²) in [5.74, 6) is 0.649. The van der Waals surface area contributed by atoms with Gasteiger partial charge in [-0.25, -0.2) is 4.79 Å². The van der Waals surface area contributed by atoms with Crippen molar-refractivity contribution in [3.8, 4) is 11.5 Å². The quantitative estimate of drug-likeness (QED) is 0.771. The highest BCUT2D eigenvalue weighted by molar-refractivity contribution is 5.90. The van der Waals surface area contributed by atoms with E-state index in [1.807, 2.05) is 13.8 Å². The number of aliphatic hydroxyl groups excluding tert-OH is 1. The maximum atomic E-state index is 11.8. The average molecular weight is 318 g/mol. The Kier molecular flexibility index (Phi) is 6.74. The summed E-state index contributed by atoms with van der Waals surface area (Å²) in [5, 5.41) is 12.7.